The zero-order valence-electron chi connectivity index (χ0n) is 14.9. The number of rotatable bonds is 5. The van der Waals surface area contributed by atoms with Crippen molar-refractivity contribution in [1.29, 1.82) is 0 Å². The molecule has 0 bridgehead atoms. The van der Waals surface area contributed by atoms with E-state index in [9.17, 15) is 9.59 Å². The van der Waals surface area contributed by atoms with Crippen molar-refractivity contribution < 1.29 is 14.0 Å². The van der Waals surface area contributed by atoms with Crippen molar-refractivity contribution in [3.63, 3.8) is 0 Å². The van der Waals surface area contributed by atoms with Gasteiger partial charge in [-0.3, -0.25) is 9.59 Å². The molecule has 138 valence electrons. The quantitative estimate of drug-likeness (QED) is 0.805. The molecule has 1 unspecified atom stereocenters. The van der Waals surface area contributed by atoms with E-state index in [1.807, 2.05) is 18.2 Å². The van der Waals surface area contributed by atoms with Crippen LogP contribution < -0.4 is 0 Å². The number of halogens is 1. The minimum atomic E-state index is -0.347. The van der Waals surface area contributed by atoms with Crippen LogP contribution in [0, 0.1) is 0 Å². The summed E-state index contributed by atoms with van der Waals surface area (Å²) in [5.74, 6) is 1.01. The Morgan fingerprint density at radius 3 is 2.85 bits per heavy atom. The zero-order chi connectivity index (χ0) is 18.7. The minimum Gasteiger partial charge on any atom is -0.441 e. The number of carbonyl (C=O) groups is 2. The minimum absolute atomic E-state index is 0.0204. The fraction of sp³-hybridized carbons (Fsp3) is 0.421. The maximum absolute atomic E-state index is 12.6. The zero-order valence-corrected chi connectivity index (χ0v) is 15.7. The maximum Gasteiger partial charge on any atom is 0.244 e. The van der Waals surface area contributed by atoms with Crippen molar-refractivity contribution >= 4 is 23.4 Å². The van der Waals surface area contributed by atoms with Gasteiger partial charge in [-0.25, -0.2) is 4.98 Å². The summed E-state index contributed by atoms with van der Waals surface area (Å²) in [6, 6.07) is 7.03. The van der Waals surface area contributed by atoms with E-state index in [-0.39, 0.29) is 24.3 Å². The SMILES string of the molecule is CN(C)C(=O)C1CCCN1C(=O)CCc1ncc(-c2ccccc2Cl)o1. The number of hydrogen-bond donors (Lipinski definition) is 0. The fourth-order valence-corrected chi connectivity index (χ4v) is 3.42. The summed E-state index contributed by atoms with van der Waals surface area (Å²) in [5, 5.41) is 0.591. The molecule has 2 aromatic rings. The van der Waals surface area contributed by atoms with E-state index < -0.39 is 0 Å². The van der Waals surface area contributed by atoms with Crippen molar-refractivity contribution in [2.45, 2.75) is 31.7 Å². The van der Waals surface area contributed by atoms with Crippen molar-refractivity contribution in [3.05, 3.63) is 41.4 Å². The second-order valence-electron chi connectivity index (χ2n) is 6.58. The molecule has 0 spiro atoms. The fourth-order valence-electron chi connectivity index (χ4n) is 3.19. The molecule has 0 aliphatic carbocycles. The number of aryl methyl sites for hydroxylation is 1. The van der Waals surface area contributed by atoms with E-state index in [2.05, 4.69) is 4.98 Å². The molecule has 2 heterocycles. The topological polar surface area (TPSA) is 66.7 Å². The number of likely N-dealkylation sites (tertiary alicyclic amines) is 1. The van der Waals surface area contributed by atoms with Gasteiger partial charge in [0.05, 0.1) is 11.2 Å². The average molecular weight is 376 g/mol. The van der Waals surface area contributed by atoms with Crippen LogP contribution >= 0.6 is 11.6 Å². The Bertz CT molecular complexity index is 803. The third-order valence-electron chi connectivity index (χ3n) is 4.54. The molecule has 1 atom stereocenters. The Hall–Kier alpha value is -2.34. The second kappa shape index (κ2) is 7.91. The van der Waals surface area contributed by atoms with E-state index in [4.69, 9.17) is 16.0 Å². The van der Waals surface area contributed by atoms with Gasteiger partial charge in [0, 0.05) is 39.0 Å². The van der Waals surface area contributed by atoms with Crippen LogP contribution in [0.2, 0.25) is 5.02 Å². The van der Waals surface area contributed by atoms with Gasteiger partial charge in [-0.15, -0.1) is 0 Å². The Balaban J connectivity index is 1.62. The third-order valence-corrected chi connectivity index (χ3v) is 4.87. The van der Waals surface area contributed by atoms with Crippen LogP contribution in [0.25, 0.3) is 11.3 Å². The summed E-state index contributed by atoms with van der Waals surface area (Å²) in [7, 11) is 3.43. The van der Waals surface area contributed by atoms with Crippen molar-refractivity contribution in [3.8, 4) is 11.3 Å². The lowest BCUT2D eigenvalue weighted by molar-refractivity contribution is -0.142. The number of benzene rings is 1. The first-order valence-corrected chi connectivity index (χ1v) is 9.05. The molecule has 3 rings (SSSR count). The van der Waals surface area contributed by atoms with Crippen LogP contribution in [0.3, 0.4) is 0 Å². The lowest BCUT2D eigenvalue weighted by Gasteiger charge is -2.26. The number of carbonyl (C=O) groups excluding carboxylic acids is 2. The molecule has 2 amide bonds. The number of likely N-dealkylation sites (N-methyl/N-ethyl adjacent to an activating group) is 1. The van der Waals surface area contributed by atoms with Crippen molar-refractivity contribution in [2.24, 2.45) is 0 Å². The summed E-state index contributed by atoms with van der Waals surface area (Å²) in [6.07, 6.45) is 3.85. The largest absolute Gasteiger partial charge is 0.441 e. The van der Waals surface area contributed by atoms with E-state index in [1.165, 1.54) is 0 Å². The molecular formula is C19H22ClN3O3. The normalized spacial score (nSPS) is 16.7. The first kappa shape index (κ1) is 18.5. The molecule has 1 aliphatic rings. The maximum atomic E-state index is 12.6. The van der Waals surface area contributed by atoms with Gasteiger partial charge in [0.1, 0.15) is 6.04 Å². The van der Waals surface area contributed by atoms with Gasteiger partial charge in [-0.05, 0) is 25.0 Å². The molecule has 0 radical (unpaired) electrons. The summed E-state index contributed by atoms with van der Waals surface area (Å²) < 4.78 is 5.73. The van der Waals surface area contributed by atoms with Gasteiger partial charge in [0.15, 0.2) is 11.7 Å². The van der Waals surface area contributed by atoms with Crippen LogP contribution in [-0.2, 0) is 16.0 Å². The average Bonchev–Trinajstić information content (AvgIpc) is 3.29. The third kappa shape index (κ3) is 3.90. The molecule has 1 aromatic carbocycles. The van der Waals surface area contributed by atoms with Gasteiger partial charge in [-0.2, -0.15) is 0 Å². The van der Waals surface area contributed by atoms with Gasteiger partial charge >= 0.3 is 0 Å². The molecule has 26 heavy (non-hydrogen) atoms. The summed E-state index contributed by atoms with van der Waals surface area (Å²) >= 11 is 6.17. The van der Waals surface area contributed by atoms with Crippen LogP contribution in [0.4, 0.5) is 0 Å². The molecule has 7 heteroatoms. The molecule has 6 nitrogen and oxygen atoms in total. The lowest BCUT2D eigenvalue weighted by Crippen LogP contribution is -2.45. The highest BCUT2D eigenvalue weighted by molar-refractivity contribution is 6.33. The van der Waals surface area contributed by atoms with Crippen molar-refractivity contribution in [2.75, 3.05) is 20.6 Å². The van der Waals surface area contributed by atoms with Gasteiger partial charge in [0.25, 0.3) is 0 Å². The molecule has 1 aromatic heterocycles. The predicted molar refractivity (Wildman–Crippen MR) is 98.7 cm³/mol. The van der Waals surface area contributed by atoms with Gasteiger partial charge < -0.3 is 14.2 Å². The number of aromatic nitrogens is 1. The molecular weight excluding hydrogens is 354 g/mol. The van der Waals surface area contributed by atoms with E-state index in [1.54, 1.807) is 36.2 Å². The Morgan fingerprint density at radius 1 is 1.35 bits per heavy atom. The number of amides is 2. The Kier molecular flexibility index (Phi) is 5.61. The number of oxazole rings is 1. The summed E-state index contributed by atoms with van der Waals surface area (Å²) in [5.41, 5.74) is 0.774. The van der Waals surface area contributed by atoms with Crippen LogP contribution in [-0.4, -0.2) is 53.3 Å². The van der Waals surface area contributed by atoms with E-state index in [0.29, 0.717) is 29.6 Å². The predicted octanol–water partition coefficient (Wildman–Crippen LogP) is 3.01. The van der Waals surface area contributed by atoms with E-state index >= 15 is 0 Å². The first-order chi connectivity index (χ1) is 12.5. The monoisotopic (exact) mass is 375 g/mol. The highest BCUT2D eigenvalue weighted by atomic mass is 35.5. The molecule has 0 saturated carbocycles. The second-order valence-corrected chi connectivity index (χ2v) is 6.98. The van der Waals surface area contributed by atoms with Crippen LogP contribution in [0.15, 0.2) is 34.9 Å². The highest BCUT2D eigenvalue weighted by Crippen LogP contribution is 2.28. The van der Waals surface area contributed by atoms with Gasteiger partial charge in [0.2, 0.25) is 11.8 Å². The smallest absolute Gasteiger partial charge is 0.244 e. The Morgan fingerprint density at radius 2 is 2.12 bits per heavy atom. The molecule has 1 fully saturated rings. The standard InChI is InChI=1S/C19H22ClN3O3/c1-22(2)19(25)15-8-5-11-23(15)18(24)10-9-17-21-12-16(26-17)13-6-3-4-7-14(13)20/h3-4,6-7,12,15H,5,8-11H2,1-2H3. The van der Waals surface area contributed by atoms with Crippen LogP contribution in [0.5, 0.6) is 0 Å². The summed E-state index contributed by atoms with van der Waals surface area (Å²) in [6.45, 7) is 0.625. The highest BCUT2D eigenvalue weighted by Gasteiger charge is 2.34. The van der Waals surface area contributed by atoms with Crippen LogP contribution in [0.1, 0.15) is 25.2 Å². The number of nitrogens with zero attached hydrogens (tertiary/aromatic N) is 3. The lowest BCUT2D eigenvalue weighted by atomic mass is 10.2. The first-order valence-electron chi connectivity index (χ1n) is 8.67. The molecule has 1 saturated heterocycles. The Labute approximate surface area is 157 Å². The summed E-state index contributed by atoms with van der Waals surface area (Å²) in [4.78, 5) is 32.2. The molecule has 0 N–H and O–H groups in total. The van der Waals surface area contributed by atoms with Crippen molar-refractivity contribution in [1.82, 2.24) is 14.8 Å². The number of hydrogen-bond acceptors (Lipinski definition) is 4. The van der Waals surface area contributed by atoms with Gasteiger partial charge in [-0.1, -0.05) is 23.7 Å². The van der Waals surface area contributed by atoms with E-state index in [0.717, 1.165) is 18.4 Å². The molecule has 1 aliphatic heterocycles.